The van der Waals surface area contributed by atoms with Gasteiger partial charge in [0.25, 0.3) is 5.91 Å². The van der Waals surface area contributed by atoms with Crippen LogP contribution in [0.1, 0.15) is 45.8 Å². The number of para-hydroxylation sites is 1. The maximum Gasteiger partial charge on any atom is 0.261 e. The van der Waals surface area contributed by atoms with Crippen LogP contribution in [0.3, 0.4) is 0 Å². The first-order valence-electron chi connectivity index (χ1n) is 11.1. The van der Waals surface area contributed by atoms with E-state index >= 15 is 0 Å². The summed E-state index contributed by atoms with van der Waals surface area (Å²) in [4.78, 5) is 16.1. The van der Waals surface area contributed by atoms with Crippen molar-refractivity contribution in [2.24, 2.45) is 7.05 Å². The van der Waals surface area contributed by atoms with E-state index < -0.39 is 0 Å². The molecule has 1 N–H and O–H groups in total. The van der Waals surface area contributed by atoms with Crippen LogP contribution in [0.4, 0.5) is 0 Å². The number of fused-ring (bicyclic) bond motifs is 2. The molecule has 0 unspecified atom stereocenters. The molecular weight excluding hydrogens is 402 g/mol. The van der Waals surface area contributed by atoms with Gasteiger partial charge in [-0.15, -0.1) is 11.3 Å². The molecule has 2 aromatic heterocycles. The SMILES string of the molecule is CCc1c(CN2CC[C@@H](c3c(C(=O)NC)sc4ccccc34)C2)c2ccccc2n1C. The van der Waals surface area contributed by atoms with E-state index in [0.717, 1.165) is 37.4 Å². The first kappa shape index (κ1) is 20.3. The molecule has 0 saturated carbocycles. The minimum absolute atomic E-state index is 0.0389. The second-order valence-corrected chi connectivity index (χ2v) is 9.55. The average Bonchev–Trinajstić information content (AvgIpc) is 3.48. The lowest BCUT2D eigenvalue weighted by atomic mass is 9.95. The summed E-state index contributed by atoms with van der Waals surface area (Å²) in [7, 11) is 3.91. The van der Waals surface area contributed by atoms with Gasteiger partial charge in [0.05, 0.1) is 4.88 Å². The van der Waals surface area contributed by atoms with Gasteiger partial charge >= 0.3 is 0 Å². The summed E-state index contributed by atoms with van der Waals surface area (Å²) in [6.45, 7) is 5.28. The molecule has 1 fully saturated rings. The third-order valence-corrected chi connectivity index (χ3v) is 7.99. The van der Waals surface area contributed by atoms with E-state index in [9.17, 15) is 4.79 Å². The number of aromatic nitrogens is 1. The standard InChI is InChI=1S/C26H29N3OS/c1-4-21-20(18-9-5-7-11-22(18)28(21)3)16-29-14-13-17(15-29)24-19-10-6-8-12-23(19)31-25(24)26(30)27-2/h5-12,17H,4,13-16H2,1-3H3,(H,27,30)/t17-/m1/s1. The van der Waals surface area contributed by atoms with Gasteiger partial charge in [-0.05, 0) is 48.0 Å². The Kier molecular flexibility index (Phi) is 5.32. The predicted octanol–water partition coefficient (Wildman–Crippen LogP) is 5.30. The summed E-state index contributed by atoms with van der Waals surface area (Å²) < 4.78 is 3.56. The quantitative estimate of drug-likeness (QED) is 0.465. The molecule has 0 spiro atoms. The zero-order valence-electron chi connectivity index (χ0n) is 18.4. The van der Waals surface area contributed by atoms with Crippen molar-refractivity contribution in [2.45, 2.75) is 32.2 Å². The van der Waals surface area contributed by atoms with Crippen molar-refractivity contribution in [1.29, 1.82) is 0 Å². The Morgan fingerprint density at radius 1 is 1.13 bits per heavy atom. The van der Waals surface area contributed by atoms with Crippen molar-refractivity contribution in [3.8, 4) is 0 Å². The molecule has 4 aromatic rings. The van der Waals surface area contributed by atoms with Crippen molar-refractivity contribution in [2.75, 3.05) is 20.1 Å². The highest BCUT2D eigenvalue weighted by atomic mass is 32.1. The fraction of sp³-hybridized carbons (Fsp3) is 0.346. The smallest absolute Gasteiger partial charge is 0.261 e. The van der Waals surface area contributed by atoms with E-state index in [1.807, 2.05) is 0 Å². The minimum atomic E-state index is 0.0389. The van der Waals surface area contributed by atoms with Crippen molar-refractivity contribution < 1.29 is 4.79 Å². The second kappa shape index (κ2) is 8.13. The molecule has 5 rings (SSSR count). The van der Waals surface area contributed by atoms with Gasteiger partial charge in [0.1, 0.15) is 0 Å². The molecular formula is C26H29N3OS. The summed E-state index contributed by atoms with van der Waals surface area (Å²) in [6, 6.07) is 17.2. The van der Waals surface area contributed by atoms with Crippen molar-refractivity contribution in [1.82, 2.24) is 14.8 Å². The molecule has 4 nitrogen and oxygen atoms in total. The molecule has 0 radical (unpaired) electrons. The second-order valence-electron chi connectivity index (χ2n) is 8.50. The van der Waals surface area contributed by atoms with Gasteiger partial charge in [-0.1, -0.05) is 43.3 Å². The van der Waals surface area contributed by atoms with Gasteiger partial charge in [-0.2, -0.15) is 0 Å². The van der Waals surface area contributed by atoms with Gasteiger partial charge in [0.2, 0.25) is 0 Å². The molecule has 160 valence electrons. The number of rotatable bonds is 5. The number of amides is 1. The van der Waals surface area contributed by atoms with Crippen molar-refractivity contribution in [3.05, 3.63) is 70.2 Å². The maximum absolute atomic E-state index is 12.6. The van der Waals surface area contributed by atoms with Crippen LogP contribution < -0.4 is 5.32 Å². The average molecular weight is 432 g/mol. The van der Waals surface area contributed by atoms with E-state index in [4.69, 9.17) is 0 Å². The van der Waals surface area contributed by atoms with Crippen LogP contribution in [0, 0.1) is 0 Å². The number of nitrogens with zero attached hydrogens (tertiary/aromatic N) is 2. The number of likely N-dealkylation sites (tertiary alicyclic amines) is 1. The normalized spacial score (nSPS) is 17.1. The van der Waals surface area contributed by atoms with Crippen LogP contribution in [0.15, 0.2) is 48.5 Å². The monoisotopic (exact) mass is 431 g/mol. The minimum Gasteiger partial charge on any atom is -0.354 e. The van der Waals surface area contributed by atoms with Gasteiger partial charge in [-0.25, -0.2) is 0 Å². The third-order valence-electron chi connectivity index (χ3n) is 6.81. The lowest BCUT2D eigenvalue weighted by Crippen LogP contribution is -2.22. The molecule has 1 saturated heterocycles. The summed E-state index contributed by atoms with van der Waals surface area (Å²) in [5, 5.41) is 5.47. The maximum atomic E-state index is 12.6. The molecule has 1 aliphatic rings. The van der Waals surface area contributed by atoms with Crippen LogP contribution in [0.2, 0.25) is 0 Å². The molecule has 1 aliphatic heterocycles. The van der Waals surface area contributed by atoms with Crippen LogP contribution in [0.25, 0.3) is 21.0 Å². The van der Waals surface area contributed by atoms with Crippen molar-refractivity contribution in [3.63, 3.8) is 0 Å². The predicted molar refractivity (Wildman–Crippen MR) is 130 cm³/mol. The molecule has 1 atom stereocenters. The number of thiophene rings is 1. The molecule has 0 aliphatic carbocycles. The molecule has 5 heteroatoms. The first-order chi connectivity index (χ1) is 15.1. The highest BCUT2D eigenvalue weighted by Gasteiger charge is 2.31. The summed E-state index contributed by atoms with van der Waals surface area (Å²) in [5.41, 5.74) is 5.45. The third kappa shape index (κ3) is 3.36. The van der Waals surface area contributed by atoms with Gasteiger partial charge < -0.3 is 9.88 Å². The first-order valence-corrected chi connectivity index (χ1v) is 11.9. The van der Waals surface area contributed by atoms with Gasteiger partial charge in [-0.3, -0.25) is 9.69 Å². The summed E-state index contributed by atoms with van der Waals surface area (Å²) in [6.07, 6.45) is 2.13. The largest absolute Gasteiger partial charge is 0.354 e. The zero-order chi connectivity index (χ0) is 21.5. The topological polar surface area (TPSA) is 37.3 Å². The van der Waals surface area contributed by atoms with Crippen LogP contribution in [-0.4, -0.2) is 35.5 Å². The molecule has 0 bridgehead atoms. The Balaban J connectivity index is 1.47. The number of benzene rings is 2. The fourth-order valence-corrected chi connectivity index (χ4v) is 6.58. The number of hydrogen-bond acceptors (Lipinski definition) is 3. The number of carbonyl (C=O) groups is 1. The number of nitrogens with one attached hydrogen (secondary N) is 1. The van der Waals surface area contributed by atoms with E-state index in [0.29, 0.717) is 5.92 Å². The highest BCUT2D eigenvalue weighted by molar-refractivity contribution is 7.21. The molecule has 2 aromatic carbocycles. The van der Waals surface area contributed by atoms with Crippen molar-refractivity contribution >= 4 is 38.2 Å². The lowest BCUT2D eigenvalue weighted by molar-refractivity contribution is 0.0966. The zero-order valence-corrected chi connectivity index (χ0v) is 19.3. The van der Waals surface area contributed by atoms with E-state index in [1.165, 1.54) is 37.8 Å². The molecule has 1 amide bonds. The van der Waals surface area contributed by atoms with Gasteiger partial charge in [0.15, 0.2) is 0 Å². The molecule has 31 heavy (non-hydrogen) atoms. The number of carbonyl (C=O) groups excluding carboxylic acids is 1. The molecule has 3 heterocycles. The Hall–Kier alpha value is -2.63. The van der Waals surface area contributed by atoms with E-state index in [1.54, 1.807) is 18.4 Å². The Bertz CT molecular complexity index is 1270. The van der Waals surface area contributed by atoms with Crippen LogP contribution in [0.5, 0.6) is 0 Å². The van der Waals surface area contributed by atoms with Crippen LogP contribution >= 0.6 is 11.3 Å². The Morgan fingerprint density at radius 3 is 2.65 bits per heavy atom. The lowest BCUT2D eigenvalue weighted by Gasteiger charge is -2.18. The summed E-state index contributed by atoms with van der Waals surface area (Å²) >= 11 is 1.63. The Morgan fingerprint density at radius 2 is 1.87 bits per heavy atom. The number of hydrogen-bond donors (Lipinski definition) is 1. The Labute approximate surface area is 187 Å². The summed E-state index contributed by atoms with van der Waals surface area (Å²) in [5.74, 6) is 0.431. The van der Waals surface area contributed by atoms with E-state index in [2.05, 4.69) is 77.3 Å². The van der Waals surface area contributed by atoms with E-state index in [-0.39, 0.29) is 5.91 Å². The number of aryl methyl sites for hydroxylation is 1. The fourth-order valence-electron chi connectivity index (χ4n) is 5.34. The highest BCUT2D eigenvalue weighted by Crippen LogP contribution is 2.40. The van der Waals surface area contributed by atoms with Gasteiger partial charge in [0, 0.05) is 54.4 Å². The van der Waals surface area contributed by atoms with Crippen LogP contribution in [-0.2, 0) is 20.0 Å².